The molecule has 0 radical (unpaired) electrons. The minimum Gasteiger partial charge on any atom is -0.465 e. The number of carbonyl (C=O) groups is 2. The molecule has 1 atom stereocenters. The van der Waals surface area contributed by atoms with E-state index in [4.69, 9.17) is 9.26 Å². The van der Waals surface area contributed by atoms with Crippen molar-refractivity contribution in [2.75, 3.05) is 6.54 Å². The molecule has 1 saturated heterocycles. The van der Waals surface area contributed by atoms with Gasteiger partial charge in [0.1, 0.15) is 11.6 Å². The lowest BCUT2D eigenvalue weighted by molar-refractivity contribution is 0.0578. The molecule has 0 unspecified atom stereocenters. The highest BCUT2D eigenvalue weighted by atomic mass is 16.6. The fourth-order valence-electron chi connectivity index (χ4n) is 4.58. The third-order valence-corrected chi connectivity index (χ3v) is 6.68. The summed E-state index contributed by atoms with van der Waals surface area (Å²) in [6.45, 7) is 13.1. The van der Waals surface area contributed by atoms with Gasteiger partial charge in [0.25, 0.3) is 0 Å². The Morgan fingerprint density at radius 3 is 2.27 bits per heavy atom. The summed E-state index contributed by atoms with van der Waals surface area (Å²) in [6.07, 6.45) is 7.21. The number of nitrogens with zero attached hydrogens (tertiary/aromatic N) is 5. The number of guanidine groups is 1. The van der Waals surface area contributed by atoms with Crippen LogP contribution < -0.4 is 0 Å². The minimum atomic E-state index is -1.23. The minimum absolute atomic E-state index is 0.0238. The van der Waals surface area contributed by atoms with Gasteiger partial charge in [-0.1, -0.05) is 68.4 Å². The zero-order valence-electron chi connectivity index (χ0n) is 25.1. The molecule has 0 spiro atoms. The molecule has 0 aliphatic carbocycles. The fraction of sp³-hybridized carbons (Fsp3) is 0.633. The lowest BCUT2D eigenvalue weighted by Crippen LogP contribution is -2.59. The first-order valence-corrected chi connectivity index (χ1v) is 14.3. The van der Waals surface area contributed by atoms with Crippen molar-refractivity contribution in [3.05, 3.63) is 35.7 Å². The largest absolute Gasteiger partial charge is 0.465 e. The van der Waals surface area contributed by atoms with Crippen molar-refractivity contribution in [1.29, 1.82) is 0 Å². The van der Waals surface area contributed by atoms with Crippen LogP contribution in [0.4, 0.5) is 9.59 Å². The molecule has 0 saturated carbocycles. The number of ether oxygens (including phenoxy) is 1. The van der Waals surface area contributed by atoms with Crippen LogP contribution in [0.3, 0.4) is 0 Å². The number of carbonyl (C=O) groups excluding carboxylic acids is 1. The van der Waals surface area contributed by atoms with Gasteiger partial charge in [0, 0.05) is 17.6 Å². The number of aryl methyl sites for hydroxylation is 1. The van der Waals surface area contributed by atoms with Gasteiger partial charge in [-0.2, -0.15) is 4.98 Å². The van der Waals surface area contributed by atoms with Gasteiger partial charge in [0.2, 0.25) is 17.7 Å². The summed E-state index contributed by atoms with van der Waals surface area (Å²) >= 11 is 0. The molecule has 2 aromatic rings. The van der Waals surface area contributed by atoms with Gasteiger partial charge in [-0.3, -0.25) is 0 Å². The monoisotopic (exact) mass is 555 g/mol. The third kappa shape index (κ3) is 8.53. The van der Waals surface area contributed by atoms with E-state index < -0.39 is 29.4 Å². The van der Waals surface area contributed by atoms with Crippen molar-refractivity contribution in [2.24, 2.45) is 4.99 Å². The Kier molecular flexibility index (Phi) is 10.3. The van der Waals surface area contributed by atoms with Gasteiger partial charge in [0.15, 0.2) is 0 Å². The topological polar surface area (TPSA) is 121 Å². The van der Waals surface area contributed by atoms with E-state index in [2.05, 4.69) is 34.2 Å². The molecule has 40 heavy (non-hydrogen) atoms. The Morgan fingerprint density at radius 1 is 1.07 bits per heavy atom. The summed E-state index contributed by atoms with van der Waals surface area (Å²) in [5.74, 6) is 0.780. The van der Waals surface area contributed by atoms with Crippen LogP contribution in [0.15, 0.2) is 33.8 Å². The second-order valence-corrected chi connectivity index (χ2v) is 12.3. The highest BCUT2D eigenvalue weighted by Gasteiger charge is 2.43. The number of rotatable bonds is 9. The molecular weight excluding hydrogens is 510 g/mol. The molecule has 2 heterocycles. The number of likely N-dealkylation sites (tertiary alicyclic amines) is 1. The maximum absolute atomic E-state index is 12.6. The van der Waals surface area contributed by atoms with E-state index in [0.29, 0.717) is 24.7 Å². The van der Waals surface area contributed by atoms with E-state index >= 15 is 0 Å². The predicted octanol–water partition coefficient (Wildman–Crippen LogP) is 7.46. The van der Waals surface area contributed by atoms with Gasteiger partial charge < -0.3 is 19.3 Å². The summed E-state index contributed by atoms with van der Waals surface area (Å²) in [5, 5.41) is 14.2. The lowest BCUT2D eigenvalue weighted by Gasteiger charge is -2.45. The Balaban J connectivity index is 1.75. The van der Waals surface area contributed by atoms with Gasteiger partial charge in [-0.25, -0.2) is 14.5 Å². The average Bonchev–Trinajstić information content (AvgIpc) is 3.27. The van der Waals surface area contributed by atoms with E-state index in [0.717, 1.165) is 16.9 Å². The maximum atomic E-state index is 12.6. The van der Waals surface area contributed by atoms with Crippen LogP contribution in [-0.2, 0) is 11.2 Å². The van der Waals surface area contributed by atoms with Gasteiger partial charge in [0.05, 0.1) is 0 Å². The van der Waals surface area contributed by atoms with Crippen LogP contribution in [0.5, 0.6) is 0 Å². The first-order chi connectivity index (χ1) is 18.8. The summed E-state index contributed by atoms with van der Waals surface area (Å²) in [4.78, 5) is 36.4. The second-order valence-electron chi connectivity index (χ2n) is 12.3. The van der Waals surface area contributed by atoms with Crippen molar-refractivity contribution in [2.45, 2.75) is 117 Å². The Morgan fingerprint density at radius 2 is 1.73 bits per heavy atom. The molecule has 1 fully saturated rings. The zero-order chi connectivity index (χ0) is 29.5. The lowest BCUT2D eigenvalue weighted by atomic mass is 10.0. The van der Waals surface area contributed by atoms with Gasteiger partial charge >= 0.3 is 12.2 Å². The van der Waals surface area contributed by atoms with Crippen LogP contribution in [0.1, 0.15) is 111 Å². The summed E-state index contributed by atoms with van der Waals surface area (Å²) in [5.41, 5.74) is 0.481. The summed E-state index contributed by atoms with van der Waals surface area (Å²) in [7, 11) is 0. The molecule has 10 nitrogen and oxygen atoms in total. The van der Waals surface area contributed by atoms with Gasteiger partial charge in [-0.05, 0) is 66.4 Å². The molecule has 1 aromatic carbocycles. The number of hydrogen-bond acceptors (Lipinski definition) is 6. The second kappa shape index (κ2) is 13.3. The quantitative estimate of drug-likeness (QED) is 0.192. The van der Waals surface area contributed by atoms with Crippen LogP contribution in [-0.4, -0.2) is 60.9 Å². The van der Waals surface area contributed by atoms with Crippen molar-refractivity contribution < 1.29 is 24.0 Å². The standard InChI is InChI=1S/C30H45N5O5/c1-8-9-10-11-12-13-14-21-15-17-22(18-16-21)24-31-25(40-33-24)23-19-20-34(23)26(32-27(36)39-30(5,6)7)35(28(37)38)29(2,3)4/h15-18,23H,8-14,19-20H2,1-7H3,(H,37,38)/b32-26-/t23-/m0/s1. The first-order valence-electron chi connectivity index (χ1n) is 14.3. The highest BCUT2D eigenvalue weighted by molar-refractivity contribution is 5.99. The number of unbranched alkanes of at least 4 members (excludes halogenated alkanes) is 5. The number of amides is 2. The average molecular weight is 556 g/mol. The van der Waals surface area contributed by atoms with Gasteiger partial charge in [-0.15, -0.1) is 4.99 Å². The Labute approximate surface area is 237 Å². The third-order valence-electron chi connectivity index (χ3n) is 6.68. The number of benzene rings is 1. The number of aliphatic imine (C=N–C) groups is 1. The first kappa shape index (κ1) is 31.1. The summed E-state index contributed by atoms with van der Waals surface area (Å²) in [6, 6.07) is 7.79. The molecule has 0 bridgehead atoms. The number of hydrogen-bond donors (Lipinski definition) is 1. The molecule has 1 N–H and O–H groups in total. The van der Waals surface area contributed by atoms with E-state index in [1.54, 1.807) is 46.4 Å². The summed E-state index contributed by atoms with van der Waals surface area (Å²) < 4.78 is 11.0. The van der Waals surface area contributed by atoms with Crippen molar-refractivity contribution in [3.63, 3.8) is 0 Å². The molecule has 10 heteroatoms. The van der Waals surface area contributed by atoms with Crippen LogP contribution in [0, 0.1) is 0 Å². The Bertz CT molecular complexity index is 1160. The van der Waals surface area contributed by atoms with E-state index in [1.807, 2.05) is 12.1 Å². The normalized spacial score (nSPS) is 16.0. The Hall–Kier alpha value is -3.43. The molecule has 1 aliphatic heterocycles. The highest BCUT2D eigenvalue weighted by Crippen LogP contribution is 2.36. The number of aromatic nitrogens is 2. The fourth-order valence-corrected chi connectivity index (χ4v) is 4.58. The van der Waals surface area contributed by atoms with E-state index in [9.17, 15) is 14.7 Å². The predicted molar refractivity (Wildman–Crippen MR) is 154 cm³/mol. The van der Waals surface area contributed by atoms with E-state index in [1.165, 1.54) is 44.1 Å². The van der Waals surface area contributed by atoms with Crippen molar-refractivity contribution in [3.8, 4) is 11.4 Å². The molecule has 220 valence electrons. The SMILES string of the molecule is CCCCCCCCc1ccc(-c2noc([C@@H]3CCN3/C(=N/C(=O)OC(C)(C)C)N(C(=O)O)C(C)(C)C)n2)cc1. The van der Waals surface area contributed by atoms with Crippen molar-refractivity contribution >= 4 is 18.1 Å². The van der Waals surface area contributed by atoms with E-state index in [-0.39, 0.29) is 5.96 Å². The molecule has 1 aliphatic rings. The zero-order valence-corrected chi connectivity index (χ0v) is 25.1. The molecule has 3 rings (SSSR count). The molecule has 1 aromatic heterocycles. The van der Waals surface area contributed by atoms with Crippen LogP contribution >= 0.6 is 0 Å². The molecular formula is C30H45N5O5. The van der Waals surface area contributed by atoms with Crippen LogP contribution in [0.2, 0.25) is 0 Å². The number of carboxylic acid groups (broad SMARTS) is 1. The molecule has 2 amide bonds. The van der Waals surface area contributed by atoms with Crippen molar-refractivity contribution in [1.82, 2.24) is 19.9 Å². The maximum Gasteiger partial charge on any atom is 0.437 e. The smallest absolute Gasteiger partial charge is 0.437 e. The van der Waals surface area contributed by atoms with Crippen LogP contribution in [0.25, 0.3) is 11.4 Å².